The number of nitrogens with zero attached hydrogens (tertiary/aromatic N) is 2. The maximum absolute atomic E-state index is 11.4. The van der Waals surface area contributed by atoms with E-state index >= 15 is 0 Å². The minimum absolute atomic E-state index is 0.213. The third-order valence-corrected chi connectivity index (χ3v) is 3.14. The van der Waals surface area contributed by atoms with E-state index < -0.39 is 5.97 Å². The molecule has 0 unspecified atom stereocenters. The van der Waals surface area contributed by atoms with Gasteiger partial charge in [0.15, 0.2) is 0 Å². The third kappa shape index (κ3) is 1.79. The van der Waals surface area contributed by atoms with E-state index in [0.29, 0.717) is 0 Å². The van der Waals surface area contributed by atoms with Gasteiger partial charge in [-0.05, 0) is 6.07 Å². The first kappa shape index (κ1) is 11.5. The third-order valence-electron chi connectivity index (χ3n) is 3.14. The smallest absolute Gasteiger partial charge is 0.374 e. The van der Waals surface area contributed by atoms with Gasteiger partial charge in [-0.15, -0.1) is 0 Å². The van der Waals surface area contributed by atoms with Crippen LogP contribution in [0.25, 0.3) is 22.2 Å². The number of fused-ring (bicyclic) bond motifs is 1. The van der Waals surface area contributed by atoms with Gasteiger partial charge >= 0.3 is 5.97 Å². The average Bonchev–Trinajstić information content (AvgIpc) is 3.04. The summed E-state index contributed by atoms with van der Waals surface area (Å²) in [5.74, 6) is -0.253. The summed E-state index contributed by atoms with van der Waals surface area (Å²) in [5, 5.41) is 1.12. The van der Waals surface area contributed by atoms with Crippen molar-refractivity contribution in [3.63, 3.8) is 0 Å². The molecule has 2 heterocycles. The first-order chi connectivity index (χ1) is 9.20. The molecule has 0 radical (unpaired) electrons. The van der Waals surface area contributed by atoms with E-state index in [2.05, 4.69) is 20.8 Å². The number of carbonyl (C=O) groups excluding carboxylic acids is 1. The Kier molecular flexibility index (Phi) is 2.59. The van der Waals surface area contributed by atoms with Gasteiger partial charge in [-0.2, -0.15) is 0 Å². The predicted octanol–water partition coefficient (Wildman–Crippen LogP) is 2.35. The van der Waals surface area contributed by atoms with E-state index in [1.807, 2.05) is 36.0 Å². The maximum atomic E-state index is 11.4. The Morgan fingerprint density at radius 1 is 1.37 bits per heavy atom. The van der Waals surface area contributed by atoms with Crippen molar-refractivity contribution in [3.8, 4) is 11.3 Å². The van der Waals surface area contributed by atoms with E-state index in [-0.39, 0.29) is 5.82 Å². The number of nitrogens with one attached hydrogen (secondary N) is 1. The molecule has 0 atom stereocenters. The lowest BCUT2D eigenvalue weighted by Gasteiger charge is -1.95. The zero-order valence-electron chi connectivity index (χ0n) is 10.7. The lowest BCUT2D eigenvalue weighted by atomic mass is 10.1. The van der Waals surface area contributed by atoms with Crippen LogP contribution in [0.3, 0.4) is 0 Å². The molecule has 3 rings (SSSR count). The number of ether oxygens (including phenoxy) is 1. The van der Waals surface area contributed by atoms with Crippen molar-refractivity contribution in [2.75, 3.05) is 7.11 Å². The second-order valence-corrected chi connectivity index (χ2v) is 4.31. The summed E-state index contributed by atoms with van der Waals surface area (Å²) in [7, 11) is 3.33. The SMILES string of the molecule is COC(=O)c1ncc(-c2cn(C)c3ccccc23)[nH]1. The quantitative estimate of drug-likeness (QED) is 0.715. The van der Waals surface area contributed by atoms with Crippen LogP contribution in [0.1, 0.15) is 10.6 Å². The normalized spacial score (nSPS) is 10.8. The molecule has 3 aromatic rings. The highest BCUT2D eigenvalue weighted by Crippen LogP contribution is 2.28. The molecule has 96 valence electrons. The van der Waals surface area contributed by atoms with Crippen LogP contribution in [0.2, 0.25) is 0 Å². The van der Waals surface area contributed by atoms with Crippen LogP contribution >= 0.6 is 0 Å². The van der Waals surface area contributed by atoms with Crippen molar-refractivity contribution in [1.29, 1.82) is 0 Å². The van der Waals surface area contributed by atoms with Crippen LogP contribution in [0, 0.1) is 0 Å². The van der Waals surface area contributed by atoms with Crippen LogP contribution in [0.4, 0.5) is 0 Å². The molecule has 5 heteroatoms. The number of rotatable bonds is 2. The molecule has 19 heavy (non-hydrogen) atoms. The number of aryl methyl sites for hydroxylation is 1. The summed E-state index contributed by atoms with van der Waals surface area (Å²) in [6.45, 7) is 0. The van der Waals surface area contributed by atoms with Crippen molar-refractivity contribution >= 4 is 16.9 Å². The van der Waals surface area contributed by atoms with Crippen molar-refractivity contribution in [2.45, 2.75) is 0 Å². The number of H-pyrrole nitrogens is 1. The average molecular weight is 255 g/mol. The summed E-state index contributed by atoms with van der Waals surface area (Å²) >= 11 is 0. The van der Waals surface area contributed by atoms with E-state index in [1.54, 1.807) is 6.20 Å². The van der Waals surface area contributed by atoms with Gasteiger partial charge in [-0.3, -0.25) is 0 Å². The fourth-order valence-electron chi connectivity index (χ4n) is 2.21. The Labute approximate surface area is 109 Å². The number of esters is 1. The van der Waals surface area contributed by atoms with Gasteiger partial charge in [0.05, 0.1) is 19.0 Å². The Hall–Kier alpha value is -2.56. The van der Waals surface area contributed by atoms with E-state index in [9.17, 15) is 4.79 Å². The van der Waals surface area contributed by atoms with Crippen LogP contribution in [0.5, 0.6) is 0 Å². The second-order valence-electron chi connectivity index (χ2n) is 4.31. The van der Waals surface area contributed by atoms with E-state index in [1.165, 1.54) is 7.11 Å². The topological polar surface area (TPSA) is 59.9 Å². The minimum Gasteiger partial charge on any atom is -0.463 e. The fraction of sp³-hybridized carbons (Fsp3) is 0.143. The first-order valence-electron chi connectivity index (χ1n) is 5.88. The van der Waals surface area contributed by atoms with Crippen molar-refractivity contribution in [3.05, 3.63) is 42.5 Å². The lowest BCUT2D eigenvalue weighted by molar-refractivity contribution is 0.0588. The Bertz CT molecular complexity index is 755. The van der Waals surface area contributed by atoms with Crippen LogP contribution < -0.4 is 0 Å². The van der Waals surface area contributed by atoms with Crippen molar-refractivity contribution in [1.82, 2.24) is 14.5 Å². The summed E-state index contributed by atoms with van der Waals surface area (Å²) in [4.78, 5) is 18.4. The number of para-hydroxylation sites is 1. The van der Waals surface area contributed by atoms with Crippen molar-refractivity contribution in [2.24, 2.45) is 7.05 Å². The predicted molar refractivity (Wildman–Crippen MR) is 71.8 cm³/mol. The highest BCUT2D eigenvalue weighted by molar-refractivity contribution is 5.95. The highest BCUT2D eigenvalue weighted by Gasteiger charge is 2.14. The number of aromatic amines is 1. The molecule has 1 aromatic carbocycles. The number of carbonyl (C=O) groups is 1. The Morgan fingerprint density at radius 2 is 2.16 bits per heavy atom. The second kappa shape index (κ2) is 4.28. The molecule has 1 N–H and O–H groups in total. The molecule has 0 bridgehead atoms. The Morgan fingerprint density at radius 3 is 2.95 bits per heavy atom. The number of hydrogen-bond acceptors (Lipinski definition) is 3. The first-order valence-corrected chi connectivity index (χ1v) is 5.88. The van der Waals surface area contributed by atoms with Gasteiger partial charge in [0.1, 0.15) is 0 Å². The minimum atomic E-state index is -0.466. The zero-order chi connectivity index (χ0) is 13.4. The van der Waals surface area contributed by atoms with Crippen LogP contribution in [-0.2, 0) is 11.8 Å². The molecule has 0 aliphatic carbocycles. The molecule has 0 aliphatic heterocycles. The number of benzene rings is 1. The number of aromatic nitrogens is 3. The van der Waals surface area contributed by atoms with Gasteiger partial charge in [0, 0.05) is 29.7 Å². The molecule has 0 amide bonds. The van der Waals surface area contributed by atoms with E-state index in [0.717, 1.165) is 22.2 Å². The largest absolute Gasteiger partial charge is 0.463 e. The lowest BCUT2D eigenvalue weighted by Crippen LogP contribution is -2.03. The summed E-state index contributed by atoms with van der Waals surface area (Å²) in [5.41, 5.74) is 2.95. The summed E-state index contributed by atoms with van der Waals surface area (Å²) in [6.07, 6.45) is 3.66. The molecular weight excluding hydrogens is 242 g/mol. The van der Waals surface area contributed by atoms with E-state index in [4.69, 9.17) is 0 Å². The number of imidazole rings is 1. The zero-order valence-corrected chi connectivity index (χ0v) is 10.7. The van der Waals surface area contributed by atoms with Crippen LogP contribution in [-0.4, -0.2) is 27.6 Å². The Balaban J connectivity index is 2.14. The van der Waals surface area contributed by atoms with Gasteiger partial charge in [-0.1, -0.05) is 18.2 Å². The molecular formula is C14H13N3O2. The van der Waals surface area contributed by atoms with Crippen molar-refractivity contribution < 1.29 is 9.53 Å². The molecule has 0 spiro atoms. The number of hydrogen-bond donors (Lipinski definition) is 1. The summed E-state index contributed by atoms with van der Waals surface area (Å²) in [6, 6.07) is 8.09. The fourth-order valence-corrected chi connectivity index (χ4v) is 2.21. The maximum Gasteiger partial charge on any atom is 0.374 e. The molecule has 0 saturated carbocycles. The molecule has 0 aliphatic rings. The number of methoxy groups -OCH3 is 1. The van der Waals surface area contributed by atoms with Gasteiger partial charge in [0.2, 0.25) is 5.82 Å². The van der Waals surface area contributed by atoms with Gasteiger partial charge < -0.3 is 14.3 Å². The molecule has 0 saturated heterocycles. The molecule has 2 aromatic heterocycles. The highest BCUT2D eigenvalue weighted by atomic mass is 16.5. The summed E-state index contributed by atoms with van der Waals surface area (Å²) < 4.78 is 6.69. The molecule has 0 fully saturated rings. The standard InChI is InChI=1S/C14H13N3O2/c1-17-8-10(9-5-3-4-6-12(9)17)11-7-15-13(16-11)14(18)19-2/h3-8H,1-2H3,(H,15,16). The van der Waals surface area contributed by atoms with Gasteiger partial charge in [0.25, 0.3) is 0 Å². The molecule has 5 nitrogen and oxygen atoms in total. The van der Waals surface area contributed by atoms with Gasteiger partial charge in [-0.25, -0.2) is 9.78 Å². The van der Waals surface area contributed by atoms with Crippen LogP contribution in [0.15, 0.2) is 36.7 Å². The monoisotopic (exact) mass is 255 g/mol.